The maximum absolute atomic E-state index is 12.0. The third kappa shape index (κ3) is 5.59. The van der Waals surface area contributed by atoms with Crippen LogP contribution in [-0.2, 0) is 14.8 Å². The molecule has 2 heterocycles. The van der Waals surface area contributed by atoms with Gasteiger partial charge in [0.25, 0.3) is 0 Å². The molecule has 0 radical (unpaired) electrons. The largest absolute Gasteiger partial charge is 0.439 e. The molecule has 0 bridgehead atoms. The molecule has 3 rings (SSSR count). The van der Waals surface area contributed by atoms with Gasteiger partial charge in [-0.05, 0) is 37.3 Å². The minimum Gasteiger partial charge on any atom is -0.439 e. The van der Waals surface area contributed by atoms with Gasteiger partial charge in [-0.3, -0.25) is 4.79 Å². The van der Waals surface area contributed by atoms with E-state index in [1.54, 1.807) is 60.4 Å². The number of carbonyl (C=O) groups excluding carboxylic acids is 1. The molecule has 11 heteroatoms. The first-order valence-electron chi connectivity index (χ1n) is 8.55. The van der Waals surface area contributed by atoms with Crippen molar-refractivity contribution < 1.29 is 17.9 Å². The summed E-state index contributed by atoms with van der Waals surface area (Å²) in [5.41, 5.74) is 0.514. The summed E-state index contributed by atoms with van der Waals surface area (Å²) in [5, 5.41) is 6.77. The molecule has 0 saturated carbocycles. The van der Waals surface area contributed by atoms with E-state index < -0.39 is 15.9 Å². The van der Waals surface area contributed by atoms with Crippen LogP contribution in [0.5, 0.6) is 11.6 Å². The highest BCUT2D eigenvalue weighted by Gasteiger charge is 2.15. The molecule has 1 N–H and O–H groups in total. The summed E-state index contributed by atoms with van der Waals surface area (Å²) < 4.78 is 31.1. The number of anilines is 1. The van der Waals surface area contributed by atoms with Gasteiger partial charge in [0, 0.05) is 31.2 Å². The van der Waals surface area contributed by atoms with Crippen LogP contribution in [0.2, 0.25) is 0 Å². The fourth-order valence-corrected chi connectivity index (χ4v) is 2.70. The summed E-state index contributed by atoms with van der Waals surface area (Å²) in [5.74, 6) is 1.54. The van der Waals surface area contributed by atoms with Gasteiger partial charge in [-0.15, -0.1) is 0 Å². The molecule has 3 aromatic rings. The van der Waals surface area contributed by atoms with E-state index in [0.717, 1.165) is 10.6 Å². The van der Waals surface area contributed by atoms with Crippen LogP contribution >= 0.6 is 0 Å². The Morgan fingerprint density at radius 1 is 1.24 bits per heavy atom. The number of ether oxygens (including phenoxy) is 1. The molecule has 2 aromatic heterocycles. The second-order valence-corrected chi connectivity index (χ2v) is 8.35. The zero-order valence-corrected chi connectivity index (χ0v) is 16.9. The molecule has 0 spiro atoms. The predicted molar refractivity (Wildman–Crippen MR) is 107 cm³/mol. The number of amides is 1. The Morgan fingerprint density at radius 3 is 2.59 bits per heavy atom. The third-order valence-electron chi connectivity index (χ3n) is 3.83. The topological polar surface area (TPSA) is 119 Å². The first-order valence-corrected chi connectivity index (χ1v) is 10.4. The number of hydrogen-bond acceptors (Lipinski definition) is 7. The van der Waals surface area contributed by atoms with Crippen LogP contribution in [0.1, 0.15) is 5.82 Å². The monoisotopic (exact) mass is 416 g/mol. The van der Waals surface area contributed by atoms with Gasteiger partial charge >= 0.3 is 0 Å². The van der Waals surface area contributed by atoms with E-state index in [1.807, 2.05) is 0 Å². The van der Waals surface area contributed by atoms with Gasteiger partial charge in [0.05, 0.1) is 12.8 Å². The Kier molecular flexibility index (Phi) is 5.89. The number of sulfonamides is 1. The van der Waals surface area contributed by atoms with Gasteiger partial charge < -0.3 is 10.1 Å². The second kappa shape index (κ2) is 8.37. The molecule has 0 aliphatic rings. The zero-order chi connectivity index (χ0) is 21.0. The summed E-state index contributed by atoms with van der Waals surface area (Å²) in [6.45, 7) is 1.49. The molecule has 10 nitrogen and oxygen atoms in total. The lowest BCUT2D eigenvalue weighted by atomic mass is 10.3. The molecule has 29 heavy (non-hydrogen) atoms. The minimum absolute atomic E-state index is 0.270. The Bertz CT molecular complexity index is 1100. The lowest BCUT2D eigenvalue weighted by molar-refractivity contribution is -0.116. The summed E-state index contributed by atoms with van der Waals surface area (Å²) in [4.78, 5) is 20.5. The molecule has 1 aromatic carbocycles. The van der Waals surface area contributed by atoms with E-state index in [1.165, 1.54) is 7.05 Å². The van der Waals surface area contributed by atoms with Crippen molar-refractivity contribution in [1.29, 1.82) is 0 Å². The number of likely N-dealkylation sites (N-methyl/N-ethyl adjacent to an activating group) is 1. The molecular weight excluding hydrogens is 396 g/mol. The van der Waals surface area contributed by atoms with E-state index in [0.29, 0.717) is 29.0 Å². The van der Waals surface area contributed by atoms with Crippen molar-refractivity contribution in [3.63, 3.8) is 0 Å². The predicted octanol–water partition coefficient (Wildman–Crippen LogP) is 1.59. The number of rotatable bonds is 7. The van der Waals surface area contributed by atoms with Crippen molar-refractivity contribution in [3.8, 4) is 17.4 Å². The van der Waals surface area contributed by atoms with Crippen molar-refractivity contribution in [2.24, 2.45) is 0 Å². The standard InChI is InChI=1S/C18H20N6O4S/c1-13-20-16(24-10-4-9-19-24)11-18(21-13)28-15-7-5-14(6-8-15)22-17(25)12-23(2)29(3,26)27/h4-11H,12H2,1-3H3,(H,22,25). The van der Waals surface area contributed by atoms with Crippen LogP contribution in [-0.4, -0.2) is 58.2 Å². The molecular formula is C18H20N6O4S. The summed E-state index contributed by atoms with van der Waals surface area (Å²) in [6.07, 6.45) is 4.46. The Morgan fingerprint density at radius 2 is 1.97 bits per heavy atom. The maximum Gasteiger partial charge on any atom is 0.239 e. The third-order valence-corrected chi connectivity index (χ3v) is 5.09. The fraction of sp³-hybridized carbons (Fsp3) is 0.222. The zero-order valence-electron chi connectivity index (χ0n) is 16.1. The Labute approximate surface area is 168 Å². The SMILES string of the molecule is Cc1nc(Oc2ccc(NC(=O)CN(C)S(C)(=O)=O)cc2)cc(-n2cccn2)n1. The quantitative estimate of drug-likeness (QED) is 0.621. The fourth-order valence-electron chi connectivity index (χ4n) is 2.35. The number of aromatic nitrogens is 4. The average molecular weight is 416 g/mol. The summed E-state index contributed by atoms with van der Waals surface area (Å²) in [7, 11) is -2.08. The van der Waals surface area contributed by atoms with Crippen molar-refractivity contribution in [3.05, 3.63) is 54.6 Å². The number of aryl methyl sites for hydroxylation is 1. The van der Waals surface area contributed by atoms with Crippen LogP contribution < -0.4 is 10.1 Å². The highest BCUT2D eigenvalue weighted by atomic mass is 32.2. The Balaban J connectivity index is 1.66. The number of carbonyl (C=O) groups is 1. The number of benzene rings is 1. The van der Waals surface area contributed by atoms with E-state index in [-0.39, 0.29) is 6.54 Å². The van der Waals surface area contributed by atoms with Crippen LogP contribution in [0.25, 0.3) is 5.82 Å². The normalized spacial score (nSPS) is 11.4. The van der Waals surface area contributed by atoms with Crippen molar-refractivity contribution >= 4 is 21.6 Å². The number of nitrogens with zero attached hydrogens (tertiary/aromatic N) is 5. The highest BCUT2D eigenvalue weighted by molar-refractivity contribution is 7.88. The van der Waals surface area contributed by atoms with Crippen LogP contribution in [0.3, 0.4) is 0 Å². The highest BCUT2D eigenvalue weighted by Crippen LogP contribution is 2.23. The molecule has 0 unspecified atom stereocenters. The molecule has 152 valence electrons. The Hall–Kier alpha value is -3.31. The van der Waals surface area contributed by atoms with Crippen LogP contribution in [0.4, 0.5) is 5.69 Å². The number of hydrogen-bond donors (Lipinski definition) is 1. The van der Waals surface area contributed by atoms with E-state index >= 15 is 0 Å². The van der Waals surface area contributed by atoms with Crippen LogP contribution in [0, 0.1) is 6.92 Å². The van der Waals surface area contributed by atoms with Crippen molar-refractivity contribution in [2.45, 2.75) is 6.92 Å². The first-order chi connectivity index (χ1) is 13.7. The molecule has 0 aliphatic heterocycles. The average Bonchev–Trinajstić information content (AvgIpc) is 3.17. The van der Waals surface area contributed by atoms with E-state index in [2.05, 4.69) is 20.4 Å². The molecule has 0 fully saturated rings. The van der Waals surface area contributed by atoms with Gasteiger partial charge in [0.1, 0.15) is 11.6 Å². The number of nitrogens with one attached hydrogen (secondary N) is 1. The molecule has 0 aliphatic carbocycles. The van der Waals surface area contributed by atoms with Crippen molar-refractivity contribution in [1.82, 2.24) is 24.1 Å². The molecule has 1 amide bonds. The van der Waals surface area contributed by atoms with Gasteiger partial charge in [-0.25, -0.2) is 18.1 Å². The summed E-state index contributed by atoms with van der Waals surface area (Å²) in [6, 6.07) is 10.1. The molecule has 0 saturated heterocycles. The van der Waals surface area contributed by atoms with Gasteiger partial charge in [-0.1, -0.05) is 0 Å². The summed E-state index contributed by atoms with van der Waals surface area (Å²) >= 11 is 0. The smallest absolute Gasteiger partial charge is 0.239 e. The van der Waals surface area contributed by atoms with Gasteiger partial charge in [-0.2, -0.15) is 14.4 Å². The lowest BCUT2D eigenvalue weighted by Crippen LogP contribution is -2.34. The minimum atomic E-state index is -3.42. The maximum atomic E-state index is 12.0. The van der Waals surface area contributed by atoms with Gasteiger partial charge in [0.15, 0.2) is 5.82 Å². The first kappa shape index (κ1) is 20.4. The molecule has 0 atom stereocenters. The van der Waals surface area contributed by atoms with Crippen LogP contribution in [0.15, 0.2) is 48.8 Å². The van der Waals surface area contributed by atoms with E-state index in [4.69, 9.17) is 4.74 Å². The lowest BCUT2D eigenvalue weighted by Gasteiger charge is -2.14. The van der Waals surface area contributed by atoms with Gasteiger partial charge in [0.2, 0.25) is 21.8 Å². The van der Waals surface area contributed by atoms with Crippen molar-refractivity contribution in [2.75, 3.05) is 25.2 Å². The van der Waals surface area contributed by atoms with E-state index in [9.17, 15) is 13.2 Å². The second-order valence-electron chi connectivity index (χ2n) is 6.26.